The van der Waals surface area contributed by atoms with Crippen molar-refractivity contribution in [3.05, 3.63) is 40.1 Å². The molecule has 0 bridgehead atoms. The molecule has 0 radical (unpaired) electrons. The van der Waals surface area contributed by atoms with Crippen molar-refractivity contribution in [2.45, 2.75) is 13.8 Å². The molecule has 1 heterocycles. The van der Waals surface area contributed by atoms with Crippen molar-refractivity contribution in [1.29, 1.82) is 0 Å². The summed E-state index contributed by atoms with van der Waals surface area (Å²) in [5.41, 5.74) is 0.348. The van der Waals surface area contributed by atoms with E-state index in [0.29, 0.717) is 11.3 Å². The van der Waals surface area contributed by atoms with E-state index in [0.717, 1.165) is 0 Å². The molecular formula is C20H20O6. The average Bonchev–Trinajstić information content (AvgIpc) is 2.59. The van der Waals surface area contributed by atoms with Crippen LogP contribution in [0, 0.1) is 5.92 Å². The number of allylic oxidation sites excluding steroid dienone is 1. The zero-order valence-electron chi connectivity index (χ0n) is 15.0. The molecule has 0 fully saturated rings. The van der Waals surface area contributed by atoms with E-state index >= 15 is 0 Å². The lowest BCUT2D eigenvalue weighted by Crippen LogP contribution is -2.04. The summed E-state index contributed by atoms with van der Waals surface area (Å²) in [6.45, 7) is 4.00. The molecular weight excluding hydrogens is 336 g/mol. The molecule has 0 amide bonds. The van der Waals surface area contributed by atoms with Gasteiger partial charge in [0, 0.05) is 12.1 Å². The normalized spacial score (nSPS) is 11.7. The van der Waals surface area contributed by atoms with Crippen molar-refractivity contribution in [2.24, 2.45) is 5.92 Å². The second kappa shape index (κ2) is 6.63. The summed E-state index contributed by atoms with van der Waals surface area (Å²) in [4.78, 5) is 13.0. The van der Waals surface area contributed by atoms with E-state index in [1.165, 1.54) is 26.4 Å². The molecule has 6 heteroatoms. The number of rotatable bonds is 4. The molecule has 2 N–H and O–H groups in total. The highest BCUT2D eigenvalue weighted by atomic mass is 16.5. The summed E-state index contributed by atoms with van der Waals surface area (Å²) in [5.74, 6) is 0.438. The minimum absolute atomic E-state index is 0.0504. The molecule has 3 aromatic rings. The van der Waals surface area contributed by atoms with Crippen LogP contribution >= 0.6 is 0 Å². The average molecular weight is 356 g/mol. The van der Waals surface area contributed by atoms with Crippen LogP contribution in [0.5, 0.6) is 23.0 Å². The Morgan fingerprint density at radius 2 is 1.73 bits per heavy atom. The van der Waals surface area contributed by atoms with Crippen molar-refractivity contribution in [2.75, 3.05) is 14.2 Å². The van der Waals surface area contributed by atoms with Gasteiger partial charge in [-0.25, -0.2) is 0 Å². The van der Waals surface area contributed by atoms with Crippen LogP contribution in [0.1, 0.15) is 19.4 Å². The van der Waals surface area contributed by atoms with E-state index in [1.807, 2.05) is 19.9 Å². The summed E-state index contributed by atoms with van der Waals surface area (Å²) in [6.07, 6.45) is 3.62. The van der Waals surface area contributed by atoms with Gasteiger partial charge in [-0.1, -0.05) is 26.0 Å². The van der Waals surface area contributed by atoms with Gasteiger partial charge in [0.05, 0.1) is 25.2 Å². The number of methoxy groups -OCH3 is 2. The van der Waals surface area contributed by atoms with E-state index in [4.69, 9.17) is 13.9 Å². The number of ether oxygens (including phenoxy) is 2. The lowest BCUT2D eigenvalue weighted by Gasteiger charge is -2.12. The molecule has 26 heavy (non-hydrogen) atoms. The van der Waals surface area contributed by atoms with Gasteiger partial charge in [0.15, 0.2) is 11.5 Å². The molecule has 0 aliphatic heterocycles. The molecule has 0 saturated carbocycles. The topological polar surface area (TPSA) is 89.1 Å². The van der Waals surface area contributed by atoms with Gasteiger partial charge in [0.2, 0.25) is 5.43 Å². The smallest absolute Gasteiger partial charge is 0.204 e. The predicted octanol–water partition coefficient (Wildman–Crippen LogP) is 4.04. The highest BCUT2D eigenvalue weighted by Gasteiger charge is 2.19. The minimum Gasteiger partial charge on any atom is -0.506 e. The second-order valence-corrected chi connectivity index (χ2v) is 6.27. The Kier molecular flexibility index (Phi) is 4.50. The predicted molar refractivity (Wildman–Crippen MR) is 100 cm³/mol. The fourth-order valence-electron chi connectivity index (χ4n) is 2.78. The van der Waals surface area contributed by atoms with E-state index in [1.54, 1.807) is 12.1 Å². The summed E-state index contributed by atoms with van der Waals surface area (Å²) < 4.78 is 16.1. The van der Waals surface area contributed by atoms with Gasteiger partial charge in [0.1, 0.15) is 28.1 Å². The molecule has 6 nitrogen and oxygen atoms in total. The molecule has 0 saturated heterocycles. The quantitative estimate of drug-likeness (QED) is 0.686. The Bertz CT molecular complexity index is 1080. The lowest BCUT2D eigenvalue weighted by atomic mass is 10.0. The summed E-state index contributed by atoms with van der Waals surface area (Å²) in [5, 5.41) is 20.9. The molecule has 136 valence electrons. The third kappa shape index (κ3) is 2.83. The zero-order chi connectivity index (χ0) is 19.0. The van der Waals surface area contributed by atoms with Gasteiger partial charge >= 0.3 is 0 Å². The van der Waals surface area contributed by atoms with Crippen molar-refractivity contribution in [1.82, 2.24) is 0 Å². The number of fused-ring (bicyclic) bond motifs is 2. The second-order valence-electron chi connectivity index (χ2n) is 6.27. The first-order chi connectivity index (χ1) is 12.4. The van der Waals surface area contributed by atoms with Crippen molar-refractivity contribution in [3.63, 3.8) is 0 Å². The van der Waals surface area contributed by atoms with Crippen molar-refractivity contribution in [3.8, 4) is 23.0 Å². The monoisotopic (exact) mass is 356 g/mol. The van der Waals surface area contributed by atoms with Crippen molar-refractivity contribution < 1.29 is 24.1 Å². The van der Waals surface area contributed by atoms with Crippen LogP contribution in [-0.4, -0.2) is 24.4 Å². The van der Waals surface area contributed by atoms with E-state index in [9.17, 15) is 15.0 Å². The maximum absolute atomic E-state index is 13.0. The Balaban J connectivity index is 2.42. The van der Waals surface area contributed by atoms with Gasteiger partial charge in [-0.05, 0) is 12.0 Å². The standard InChI is InChI=1S/C20H20O6/c1-10(2)5-6-11-14(24-3)9-17-18(19(11)22)20(23)12-7-16(25-4)13(21)8-15(12)26-17/h5-10,21-22H,1-4H3. The number of phenols is 2. The number of hydrogen-bond acceptors (Lipinski definition) is 6. The molecule has 0 spiro atoms. The largest absolute Gasteiger partial charge is 0.506 e. The van der Waals surface area contributed by atoms with Gasteiger partial charge in [-0.15, -0.1) is 0 Å². The Morgan fingerprint density at radius 1 is 1.04 bits per heavy atom. The van der Waals surface area contributed by atoms with Gasteiger partial charge in [0.25, 0.3) is 0 Å². The van der Waals surface area contributed by atoms with Crippen LogP contribution in [0.2, 0.25) is 0 Å². The first-order valence-corrected chi connectivity index (χ1v) is 8.13. The highest BCUT2D eigenvalue weighted by molar-refractivity contribution is 5.97. The molecule has 0 atom stereocenters. The summed E-state index contributed by atoms with van der Waals surface area (Å²) in [6, 6.07) is 4.26. The SMILES string of the molecule is COc1cc2c(=O)c3c(O)c(C=CC(C)C)c(OC)cc3oc2cc1O. The number of phenolic OH excluding ortho intramolecular Hbond substituents is 2. The van der Waals surface area contributed by atoms with Crippen LogP contribution in [0.15, 0.2) is 33.5 Å². The molecule has 0 aliphatic rings. The zero-order valence-corrected chi connectivity index (χ0v) is 15.0. The summed E-state index contributed by atoms with van der Waals surface area (Å²) >= 11 is 0. The van der Waals surface area contributed by atoms with Crippen LogP contribution in [-0.2, 0) is 0 Å². The maximum atomic E-state index is 13.0. The van der Waals surface area contributed by atoms with Gasteiger partial charge < -0.3 is 24.1 Å². The van der Waals surface area contributed by atoms with Crippen LogP contribution in [0.4, 0.5) is 0 Å². The first-order valence-electron chi connectivity index (χ1n) is 8.13. The maximum Gasteiger partial charge on any atom is 0.204 e. The fourth-order valence-corrected chi connectivity index (χ4v) is 2.78. The number of aromatic hydroxyl groups is 2. The van der Waals surface area contributed by atoms with E-state index in [2.05, 4.69) is 0 Å². The Morgan fingerprint density at radius 3 is 2.35 bits per heavy atom. The fraction of sp³-hybridized carbons (Fsp3) is 0.250. The van der Waals surface area contributed by atoms with Crippen molar-refractivity contribution >= 4 is 28.0 Å². The van der Waals surface area contributed by atoms with E-state index in [-0.39, 0.29) is 45.1 Å². The third-order valence-electron chi connectivity index (χ3n) is 4.11. The first kappa shape index (κ1) is 17.7. The Hall–Kier alpha value is -3.15. The Labute approximate surface area is 149 Å². The molecule has 0 aliphatic carbocycles. The highest BCUT2D eigenvalue weighted by Crippen LogP contribution is 2.38. The van der Waals surface area contributed by atoms with E-state index < -0.39 is 5.43 Å². The molecule has 3 rings (SSSR count). The summed E-state index contributed by atoms with van der Waals surface area (Å²) in [7, 11) is 2.86. The lowest BCUT2D eigenvalue weighted by molar-refractivity contribution is 0.374. The van der Waals surface area contributed by atoms with Gasteiger partial charge in [-0.3, -0.25) is 4.79 Å². The minimum atomic E-state index is -0.418. The third-order valence-corrected chi connectivity index (χ3v) is 4.11. The van der Waals surface area contributed by atoms with Gasteiger partial charge in [-0.2, -0.15) is 0 Å². The molecule has 1 aromatic heterocycles. The number of hydrogen-bond donors (Lipinski definition) is 2. The molecule has 2 aromatic carbocycles. The molecule has 0 unspecified atom stereocenters. The van der Waals surface area contributed by atoms with Crippen LogP contribution in [0.25, 0.3) is 28.0 Å². The number of benzene rings is 2. The van der Waals surface area contributed by atoms with Crippen LogP contribution < -0.4 is 14.9 Å². The van der Waals surface area contributed by atoms with Crippen LogP contribution in [0.3, 0.4) is 0 Å².